The van der Waals surface area contributed by atoms with Crippen molar-refractivity contribution in [1.29, 1.82) is 0 Å². The van der Waals surface area contributed by atoms with Crippen molar-refractivity contribution < 1.29 is 22.3 Å². The second-order valence-corrected chi connectivity index (χ2v) is 9.69. The minimum absolute atomic E-state index is 0.0446. The molecule has 5 rings (SSSR count). The summed E-state index contributed by atoms with van der Waals surface area (Å²) >= 11 is 0. The Balaban J connectivity index is 1.62. The summed E-state index contributed by atoms with van der Waals surface area (Å²) in [6, 6.07) is 19.7. The highest BCUT2D eigenvalue weighted by Gasteiger charge is 2.30. The van der Waals surface area contributed by atoms with Crippen LogP contribution in [0.15, 0.2) is 81.1 Å². The fraction of sp³-hybridized carbons (Fsp3) is 0.160. The van der Waals surface area contributed by atoms with E-state index in [4.69, 9.17) is 13.9 Å². The summed E-state index contributed by atoms with van der Waals surface area (Å²) in [5.41, 5.74) is 3.41. The van der Waals surface area contributed by atoms with Crippen LogP contribution in [-0.2, 0) is 9.84 Å². The third-order valence-electron chi connectivity index (χ3n) is 5.22. The first-order valence-electron chi connectivity index (χ1n) is 10.5. The van der Waals surface area contributed by atoms with Gasteiger partial charge in [0, 0.05) is 17.3 Å². The fourth-order valence-electron chi connectivity index (χ4n) is 3.63. The predicted molar refractivity (Wildman–Crippen MR) is 124 cm³/mol. The number of nitrogens with zero attached hydrogens (tertiary/aromatic N) is 1. The Morgan fingerprint density at radius 2 is 1.58 bits per heavy atom. The number of hydrogen-bond donors (Lipinski definition) is 1. The zero-order valence-electron chi connectivity index (χ0n) is 18.2. The number of nitrogens with one attached hydrogen (secondary N) is 1. The van der Waals surface area contributed by atoms with Crippen LogP contribution >= 0.6 is 0 Å². The van der Waals surface area contributed by atoms with Crippen molar-refractivity contribution in [2.75, 3.05) is 18.5 Å². The van der Waals surface area contributed by atoms with Gasteiger partial charge in [0.05, 0.1) is 4.90 Å². The van der Waals surface area contributed by atoms with Crippen molar-refractivity contribution in [1.82, 2.24) is 4.98 Å². The minimum Gasteiger partial charge on any atom is -0.486 e. The molecule has 0 aliphatic carbocycles. The Morgan fingerprint density at radius 1 is 0.848 bits per heavy atom. The molecule has 33 heavy (non-hydrogen) atoms. The highest BCUT2D eigenvalue weighted by atomic mass is 32.2. The van der Waals surface area contributed by atoms with E-state index in [0.717, 1.165) is 11.1 Å². The second-order valence-electron chi connectivity index (χ2n) is 7.83. The van der Waals surface area contributed by atoms with Crippen LogP contribution in [-0.4, -0.2) is 26.6 Å². The van der Waals surface area contributed by atoms with Crippen LogP contribution in [0.3, 0.4) is 0 Å². The monoisotopic (exact) mass is 462 g/mol. The molecule has 8 heteroatoms. The van der Waals surface area contributed by atoms with Gasteiger partial charge in [0.25, 0.3) is 0 Å². The average molecular weight is 463 g/mol. The lowest BCUT2D eigenvalue weighted by Crippen LogP contribution is -2.16. The summed E-state index contributed by atoms with van der Waals surface area (Å²) < 4.78 is 44.4. The van der Waals surface area contributed by atoms with Crippen LogP contribution in [0.25, 0.3) is 11.5 Å². The van der Waals surface area contributed by atoms with Gasteiger partial charge < -0.3 is 19.2 Å². The molecule has 0 saturated heterocycles. The van der Waals surface area contributed by atoms with Crippen LogP contribution in [0.4, 0.5) is 11.6 Å². The number of aromatic nitrogens is 1. The molecule has 4 aromatic rings. The summed E-state index contributed by atoms with van der Waals surface area (Å²) in [6.07, 6.45) is 0. The third kappa shape index (κ3) is 4.17. The number of fused-ring (bicyclic) bond motifs is 1. The standard InChI is InChI=1S/C25H22N2O5S/c1-16-5-3-7-18(13-16)23-27-25(24(32-23)26-19-8-4-6-17(2)14-19)33(28,29)20-9-10-21-22(15-20)31-12-11-30-21/h3-10,13-15,26H,11-12H2,1-2H3. The lowest BCUT2D eigenvalue weighted by atomic mass is 10.1. The molecule has 0 bridgehead atoms. The molecular weight excluding hydrogens is 440 g/mol. The molecule has 1 N–H and O–H groups in total. The summed E-state index contributed by atoms with van der Waals surface area (Å²) in [5.74, 6) is 1.16. The minimum atomic E-state index is -4.03. The van der Waals surface area contributed by atoms with Gasteiger partial charge in [-0.1, -0.05) is 29.8 Å². The van der Waals surface area contributed by atoms with E-state index in [1.165, 1.54) is 12.1 Å². The Labute approximate surface area is 191 Å². The maximum Gasteiger partial charge on any atom is 0.238 e. The molecule has 1 aromatic heterocycles. The van der Waals surface area contributed by atoms with Gasteiger partial charge >= 0.3 is 0 Å². The average Bonchev–Trinajstić information content (AvgIpc) is 3.23. The van der Waals surface area contributed by atoms with Crippen molar-refractivity contribution in [3.63, 3.8) is 0 Å². The SMILES string of the molecule is Cc1cccc(Nc2oc(-c3cccc(C)c3)nc2S(=O)(=O)c2ccc3c(c2)OCCO3)c1. The van der Waals surface area contributed by atoms with E-state index in [1.807, 2.05) is 62.4 Å². The first kappa shape index (κ1) is 21.1. The summed E-state index contributed by atoms with van der Waals surface area (Å²) in [4.78, 5) is 4.46. The molecule has 0 atom stereocenters. The molecule has 1 aliphatic rings. The van der Waals surface area contributed by atoms with Crippen LogP contribution in [0.2, 0.25) is 0 Å². The van der Waals surface area contributed by atoms with Gasteiger partial charge in [0.1, 0.15) is 13.2 Å². The van der Waals surface area contributed by atoms with Gasteiger partial charge in [-0.3, -0.25) is 0 Å². The molecule has 7 nitrogen and oxygen atoms in total. The number of benzene rings is 3. The number of oxazole rings is 1. The van der Waals surface area contributed by atoms with Gasteiger partial charge in [0.15, 0.2) is 11.5 Å². The topological polar surface area (TPSA) is 90.7 Å². The molecule has 2 heterocycles. The van der Waals surface area contributed by atoms with Crippen LogP contribution < -0.4 is 14.8 Å². The quantitative estimate of drug-likeness (QED) is 0.430. The number of anilines is 2. The lowest BCUT2D eigenvalue weighted by molar-refractivity contribution is 0.171. The Hall–Kier alpha value is -3.78. The first-order chi connectivity index (χ1) is 15.9. The summed E-state index contributed by atoms with van der Waals surface area (Å²) in [6.45, 7) is 4.69. The molecule has 1 aliphatic heterocycles. The number of sulfone groups is 1. The normalized spacial score (nSPS) is 13.0. The number of hydrogen-bond acceptors (Lipinski definition) is 7. The van der Waals surface area contributed by atoms with Crippen molar-refractivity contribution in [2.45, 2.75) is 23.8 Å². The summed E-state index contributed by atoms with van der Waals surface area (Å²) in [7, 11) is -4.03. The van der Waals surface area contributed by atoms with E-state index < -0.39 is 9.84 Å². The largest absolute Gasteiger partial charge is 0.486 e. The van der Waals surface area contributed by atoms with Crippen molar-refractivity contribution >= 4 is 21.4 Å². The number of ether oxygens (including phenoxy) is 2. The van der Waals surface area contributed by atoms with E-state index in [-0.39, 0.29) is 21.7 Å². The number of rotatable bonds is 5. The zero-order chi connectivity index (χ0) is 23.0. The predicted octanol–water partition coefficient (Wildman–Crippen LogP) is 5.31. The lowest BCUT2D eigenvalue weighted by Gasteiger charge is -2.18. The summed E-state index contributed by atoms with van der Waals surface area (Å²) in [5, 5.41) is 2.90. The highest BCUT2D eigenvalue weighted by Crippen LogP contribution is 2.38. The van der Waals surface area contributed by atoms with Crippen LogP contribution in [0.5, 0.6) is 11.5 Å². The van der Waals surface area contributed by atoms with E-state index in [1.54, 1.807) is 6.07 Å². The van der Waals surface area contributed by atoms with Crippen LogP contribution in [0, 0.1) is 13.8 Å². The molecule has 0 radical (unpaired) electrons. The highest BCUT2D eigenvalue weighted by molar-refractivity contribution is 7.91. The van der Waals surface area contributed by atoms with Crippen molar-refractivity contribution in [3.05, 3.63) is 77.9 Å². The molecule has 0 saturated carbocycles. The second kappa shape index (κ2) is 8.29. The molecule has 0 amide bonds. The molecule has 0 unspecified atom stereocenters. The van der Waals surface area contributed by atoms with E-state index in [9.17, 15) is 8.42 Å². The van der Waals surface area contributed by atoms with E-state index in [0.29, 0.717) is 36.0 Å². The van der Waals surface area contributed by atoms with Gasteiger partial charge in [-0.15, -0.1) is 0 Å². The van der Waals surface area contributed by atoms with E-state index >= 15 is 0 Å². The van der Waals surface area contributed by atoms with Gasteiger partial charge in [-0.05, 0) is 55.8 Å². The Kier molecular flexibility index (Phi) is 5.30. The van der Waals surface area contributed by atoms with Gasteiger partial charge in [-0.2, -0.15) is 4.98 Å². The number of aryl methyl sites for hydroxylation is 2. The maximum atomic E-state index is 13.7. The van der Waals surface area contributed by atoms with Gasteiger partial charge in [-0.25, -0.2) is 8.42 Å². The molecule has 0 spiro atoms. The Morgan fingerprint density at radius 3 is 2.33 bits per heavy atom. The molecular formula is C25H22N2O5S. The van der Waals surface area contributed by atoms with Crippen molar-refractivity contribution in [2.24, 2.45) is 0 Å². The fourth-order valence-corrected chi connectivity index (χ4v) is 4.90. The molecule has 168 valence electrons. The van der Waals surface area contributed by atoms with Crippen molar-refractivity contribution in [3.8, 4) is 23.0 Å². The van der Waals surface area contributed by atoms with E-state index in [2.05, 4.69) is 10.3 Å². The smallest absolute Gasteiger partial charge is 0.238 e. The zero-order valence-corrected chi connectivity index (χ0v) is 19.0. The Bertz CT molecular complexity index is 1440. The molecule has 3 aromatic carbocycles. The van der Waals surface area contributed by atoms with Crippen LogP contribution in [0.1, 0.15) is 11.1 Å². The third-order valence-corrected chi connectivity index (χ3v) is 6.88. The van der Waals surface area contributed by atoms with Gasteiger partial charge in [0.2, 0.25) is 26.6 Å². The first-order valence-corrected chi connectivity index (χ1v) is 11.9. The molecule has 0 fully saturated rings. The maximum absolute atomic E-state index is 13.7.